The zero-order valence-corrected chi connectivity index (χ0v) is 24.7. The van der Waals surface area contributed by atoms with E-state index in [2.05, 4.69) is 26.7 Å². The lowest BCUT2D eigenvalue weighted by Crippen LogP contribution is -2.47. The van der Waals surface area contributed by atoms with E-state index in [9.17, 15) is 18.0 Å². The van der Waals surface area contributed by atoms with Gasteiger partial charge >= 0.3 is 20.3 Å². The molecule has 35 heavy (non-hydrogen) atoms. The van der Waals surface area contributed by atoms with Gasteiger partial charge in [-0.25, -0.2) is 18.0 Å². The van der Waals surface area contributed by atoms with Gasteiger partial charge in [0.2, 0.25) is 0 Å². The molecule has 1 amide bonds. The summed E-state index contributed by atoms with van der Waals surface area (Å²) >= 11 is 0. The highest BCUT2D eigenvalue weighted by molar-refractivity contribution is 8.31. The summed E-state index contributed by atoms with van der Waals surface area (Å²) in [7, 11) is 6.35. The van der Waals surface area contributed by atoms with E-state index >= 15 is 0 Å². The van der Waals surface area contributed by atoms with Crippen molar-refractivity contribution in [2.75, 3.05) is 0 Å². The lowest BCUT2D eigenvalue weighted by Gasteiger charge is -2.27. The lowest BCUT2D eigenvalue weighted by atomic mass is 9.93. The highest BCUT2D eigenvalue weighted by Crippen LogP contribution is 2.26. The minimum absolute atomic E-state index is 0.0158. The third-order valence-electron chi connectivity index (χ3n) is 3.82. The molecule has 0 heterocycles. The maximum absolute atomic E-state index is 12.8. The van der Waals surface area contributed by atoms with E-state index in [0.717, 1.165) is 5.56 Å². The summed E-state index contributed by atoms with van der Waals surface area (Å²) in [5, 5.41) is 2.55. The Morgan fingerprint density at radius 3 is 1.74 bits per heavy atom. The van der Waals surface area contributed by atoms with Crippen LogP contribution in [-0.4, -0.2) is 46.1 Å². The summed E-state index contributed by atoms with van der Waals surface area (Å²) < 4.78 is 52.6. The van der Waals surface area contributed by atoms with Crippen molar-refractivity contribution < 1.29 is 35.9 Å². The summed E-state index contributed by atoms with van der Waals surface area (Å²) in [6.45, 7) is 14.2. The Morgan fingerprint density at radius 1 is 0.914 bits per heavy atom. The van der Waals surface area contributed by atoms with Crippen LogP contribution in [0.15, 0.2) is 23.1 Å². The Bertz CT molecular complexity index is 1100. The molecule has 0 aromatic heterocycles. The largest absolute Gasteiger partial charge is 0.458 e. The second-order valence-corrected chi connectivity index (χ2v) is 16.0. The van der Waals surface area contributed by atoms with E-state index in [-0.39, 0.29) is 17.2 Å². The second kappa shape index (κ2) is 12.8. The molecular weight excluding hydrogens is 565 g/mol. The number of benzene rings is 1. The van der Waals surface area contributed by atoms with Gasteiger partial charge in [-0.3, -0.25) is 0 Å². The van der Waals surface area contributed by atoms with Crippen LogP contribution in [0, 0.1) is 0 Å². The number of halogens is 3. The molecule has 0 fully saturated rings. The van der Waals surface area contributed by atoms with Crippen molar-refractivity contribution in [3.05, 3.63) is 29.3 Å². The number of hydrogen-bond donors (Lipinski definition) is 1. The smallest absolute Gasteiger partial charge is 0.408 e. The molecule has 1 rings (SSSR count). The van der Waals surface area contributed by atoms with E-state index in [1.807, 2.05) is 13.8 Å². The van der Waals surface area contributed by atoms with Gasteiger partial charge in [-0.15, -0.1) is 0 Å². The molecular formula is C21H32Cl3NO8S2. The van der Waals surface area contributed by atoms with Crippen molar-refractivity contribution in [2.45, 2.75) is 89.9 Å². The Balaban J connectivity index is 0.00000209. The quantitative estimate of drug-likeness (QED) is 0.349. The number of amides is 1. The fourth-order valence-corrected chi connectivity index (χ4v) is 3.51. The number of ether oxygens (including phenoxy) is 2. The first kappa shape index (κ1) is 33.7. The first-order chi connectivity index (χ1) is 15.4. The van der Waals surface area contributed by atoms with Crippen molar-refractivity contribution in [1.82, 2.24) is 5.32 Å². The molecule has 0 aliphatic carbocycles. The molecule has 0 saturated heterocycles. The normalized spacial score (nSPS) is 13.4. The maximum Gasteiger partial charge on any atom is 0.408 e. The van der Waals surface area contributed by atoms with Crippen molar-refractivity contribution in [1.29, 1.82) is 0 Å². The van der Waals surface area contributed by atoms with E-state index in [1.165, 1.54) is 12.1 Å². The zero-order valence-electron chi connectivity index (χ0n) is 20.8. The molecule has 1 aromatic carbocycles. The summed E-state index contributed by atoms with van der Waals surface area (Å²) in [5.41, 5.74) is -0.122. The Hall–Kier alpha value is -1.27. The van der Waals surface area contributed by atoms with Gasteiger partial charge in [0.25, 0.3) is 9.05 Å². The summed E-state index contributed by atoms with van der Waals surface area (Å²) in [6.07, 6.45) is -0.757. The third-order valence-corrected chi connectivity index (χ3v) is 5.18. The van der Waals surface area contributed by atoms with Crippen LogP contribution in [0.3, 0.4) is 0 Å². The SMILES string of the molecule is CC(C)c1ccc(S(=O)(=O)Cl)cc1C[C@H](NC(=O)OC(C)(C)C)C(=O)OC(C)(C)C.O=S(=O)(Cl)Cl. The number of hydrogen-bond acceptors (Lipinski definition) is 8. The molecule has 9 nitrogen and oxygen atoms in total. The topological polar surface area (TPSA) is 133 Å². The molecule has 1 N–H and O–H groups in total. The average Bonchev–Trinajstić information content (AvgIpc) is 2.55. The molecule has 0 unspecified atom stereocenters. The van der Waals surface area contributed by atoms with Gasteiger partial charge in [0.05, 0.1) is 4.90 Å². The first-order valence-corrected chi connectivity index (χ1v) is 15.8. The Labute approximate surface area is 221 Å². The number of carbonyl (C=O) groups is 2. The molecule has 1 aromatic rings. The van der Waals surface area contributed by atoms with E-state index in [0.29, 0.717) is 5.56 Å². The number of rotatable bonds is 6. The zero-order chi connectivity index (χ0) is 28.0. The van der Waals surface area contributed by atoms with Crippen LogP contribution in [-0.2, 0) is 38.0 Å². The van der Waals surface area contributed by atoms with Crippen molar-refractivity contribution in [3.63, 3.8) is 0 Å². The number of esters is 1. The fraction of sp³-hybridized carbons (Fsp3) is 0.619. The van der Waals surface area contributed by atoms with Crippen molar-refractivity contribution in [3.8, 4) is 0 Å². The minimum atomic E-state index is -3.96. The van der Waals surface area contributed by atoms with Crippen molar-refractivity contribution in [2.24, 2.45) is 0 Å². The predicted molar refractivity (Wildman–Crippen MR) is 137 cm³/mol. The Kier molecular flexibility index (Phi) is 12.3. The monoisotopic (exact) mass is 595 g/mol. The second-order valence-electron chi connectivity index (χ2n) is 9.77. The van der Waals surface area contributed by atoms with E-state index in [4.69, 9.17) is 28.6 Å². The number of alkyl carbamates (subject to hydrolysis) is 1. The van der Waals surface area contributed by atoms with Gasteiger partial charge in [-0.2, -0.15) is 8.42 Å². The van der Waals surface area contributed by atoms with Gasteiger partial charge in [-0.05, 0) is 70.7 Å². The minimum Gasteiger partial charge on any atom is -0.458 e. The van der Waals surface area contributed by atoms with Gasteiger partial charge in [0, 0.05) is 38.5 Å². The van der Waals surface area contributed by atoms with Crippen LogP contribution in [0.1, 0.15) is 72.4 Å². The molecule has 14 heteroatoms. The van der Waals surface area contributed by atoms with Gasteiger partial charge in [0.1, 0.15) is 17.2 Å². The molecule has 0 aliphatic heterocycles. The molecule has 202 valence electrons. The van der Waals surface area contributed by atoms with Crippen LogP contribution in [0.4, 0.5) is 4.79 Å². The molecule has 0 saturated carbocycles. The summed E-state index contributed by atoms with van der Waals surface area (Å²) in [6, 6.07) is 3.43. The third kappa shape index (κ3) is 16.2. The van der Waals surface area contributed by atoms with Crippen LogP contribution < -0.4 is 5.32 Å². The lowest BCUT2D eigenvalue weighted by molar-refractivity contribution is -0.157. The fourth-order valence-electron chi connectivity index (χ4n) is 2.71. The van der Waals surface area contributed by atoms with Gasteiger partial charge < -0.3 is 14.8 Å². The highest BCUT2D eigenvalue weighted by atomic mass is 36.0. The standard InChI is InChI=1S/C21H32ClNO6S.Cl2O2S/c1-13(2)16-10-9-15(30(22,26)27)11-14(16)12-17(18(24)28-20(3,4)5)23-19(25)29-21(6,7)8;1-5(2,3)4/h9-11,13,17H,12H2,1-8H3,(H,23,25);/t17-;/m0./s1. The highest BCUT2D eigenvalue weighted by Gasteiger charge is 2.30. The Morgan fingerprint density at radius 2 is 1.37 bits per heavy atom. The summed E-state index contributed by atoms with van der Waals surface area (Å²) in [5.74, 6) is -0.602. The number of carbonyl (C=O) groups excluding carboxylic acids is 2. The predicted octanol–water partition coefficient (Wildman–Crippen LogP) is 5.22. The number of nitrogens with one attached hydrogen (secondary N) is 1. The van der Waals surface area contributed by atoms with Crippen LogP contribution in [0.2, 0.25) is 0 Å². The maximum atomic E-state index is 12.8. The van der Waals surface area contributed by atoms with Crippen LogP contribution >= 0.6 is 32.0 Å². The molecule has 0 bridgehead atoms. The van der Waals surface area contributed by atoms with Crippen molar-refractivity contribution >= 4 is 61.4 Å². The van der Waals surface area contributed by atoms with Gasteiger partial charge in [0.15, 0.2) is 0 Å². The van der Waals surface area contributed by atoms with Crippen LogP contribution in [0.25, 0.3) is 0 Å². The van der Waals surface area contributed by atoms with Gasteiger partial charge in [-0.1, -0.05) is 19.9 Å². The summed E-state index contributed by atoms with van der Waals surface area (Å²) in [4.78, 5) is 25.0. The van der Waals surface area contributed by atoms with Crippen LogP contribution in [0.5, 0.6) is 0 Å². The molecule has 1 atom stereocenters. The van der Waals surface area contributed by atoms with E-state index < -0.39 is 46.6 Å². The molecule has 0 spiro atoms. The average molecular weight is 597 g/mol. The first-order valence-electron chi connectivity index (χ1n) is 10.3. The molecule has 0 radical (unpaired) electrons. The molecule has 0 aliphatic rings. The van der Waals surface area contributed by atoms with E-state index in [1.54, 1.807) is 47.6 Å².